The molecule has 1 aromatic rings. The lowest BCUT2D eigenvalue weighted by Gasteiger charge is -2.09. The lowest BCUT2D eigenvalue weighted by atomic mass is 10.2. The summed E-state index contributed by atoms with van der Waals surface area (Å²) in [6.45, 7) is 5.94. The zero-order valence-corrected chi connectivity index (χ0v) is 9.97. The van der Waals surface area contributed by atoms with Gasteiger partial charge in [0.25, 0.3) is 0 Å². The van der Waals surface area contributed by atoms with Crippen molar-refractivity contribution in [1.82, 2.24) is 0 Å². The van der Waals surface area contributed by atoms with E-state index in [-0.39, 0.29) is 0 Å². The smallest absolute Gasteiger partial charge is 0.0641 e. The minimum atomic E-state index is 0.473. The van der Waals surface area contributed by atoms with Gasteiger partial charge in [0, 0.05) is 10.1 Å². The summed E-state index contributed by atoms with van der Waals surface area (Å²) in [5.74, 6) is 0. The monoisotopic (exact) mass is 249 g/mol. The molecule has 1 rings (SSSR count). The van der Waals surface area contributed by atoms with Crippen LogP contribution in [0.2, 0.25) is 10.0 Å². The van der Waals surface area contributed by atoms with E-state index in [1.54, 1.807) is 6.07 Å². The molecular formula is C10H10Cl3N. The van der Waals surface area contributed by atoms with Crippen LogP contribution in [0.4, 0.5) is 5.69 Å². The highest BCUT2D eigenvalue weighted by Gasteiger charge is 2.03. The number of nitrogens with one attached hydrogen (secondary N) is 1. The fraction of sp³-hybridized carbons (Fsp3) is 0.200. The van der Waals surface area contributed by atoms with Gasteiger partial charge in [-0.25, -0.2) is 0 Å². The third kappa shape index (κ3) is 3.09. The summed E-state index contributed by atoms with van der Waals surface area (Å²) >= 11 is 17.6. The summed E-state index contributed by atoms with van der Waals surface area (Å²) in [5.41, 5.74) is 1.72. The Morgan fingerprint density at radius 3 is 2.57 bits per heavy atom. The molecule has 1 N–H and O–H groups in total. The summed E-state index contributed by atoms with van der Waals surface area (Å²) in [7, 11) is 0. The SMILES string of the molecule is C=C(Cl)CNc1cc(Cl)c(C)cc1Cl. The third-order valence-corrected chi connectivity index (χ3v) is 2.57. The molecule has 1 nitrogen and oxygen atoms in total. The molecule has 0 bridgehead atoms. The van der Waals surface area contributed by atoms with E-state index in [1.807, 2.05) is 13.0 Å². The number of hydrogen-bond donors (Lipinski definition) is 1. The van der Waals surface area contributed by atoms with Crippen molar-refractivity contribution in [1.29, 1.82) is 0 Å². The first-order valence-corrected chi connectivity index (χ1v) is 5.17. The zero-order valence-electron chi connectivity index (χ0n) is 7.70. The van der Waals surface area contributed by atoms with Gasteiger partial charge in [0.1, 0.15) is 0 Å². The Balaban J connectivity index is 2.87. The summed E-state index contributed by atoms with van der Waals surface area (Å²) < 4.78 is 0. The average molecular weight is 251 g/mol. The quantitative estimate of drug-likeness (QED) is 0.835. The van der Waals surface area contributed by atoms with Gasteiger partial charge >= 0.3 is 0 Å². The number of aryl methyl sites for hydroxylation is 1. The van der Waals surface area contributed by atoms with Crippen LogP contribution in [0.1, 0.15) is 5.56 Å². The van der Waals surface area contributed by atoms with Crippen LogP contribution in [0.25, 0.3) is 0 Å². The molecule has 0 atom stereocenters. The van der Waals surface area contributed by atoms with Crippen LogP contribution in [-0.4, -0.2) is 6.54 Å². The van der Waals surface area contributed by atoms with Crippen molar-refractivity contribution in [2.45, 2.75) is 6.92 Å². The van der Waals surface area contributed by atoms with E-state index < -0.39 is 0 Å². The third-order valence-electron chi connectivity index (χ3n) is 1.72. The van der Waals surface area contributed by atoms with Gasteiger partial charge in [-0.2, -0.15) is 0 Å². The Bertz CT molecular complexity index is 361. The predicted octanol–water partition coefficient (Wildman–Crippen LogP) is 4.47. The summed E-state index contributed by atoms with van der Waals surface area (Å²) in [4.78, 5) is 0. The van der Waals surface area contributed by atoms with E-state index in [1.165, 1.54) is 0 Å². The number of anilines is 1. The largest absolute Gasteiger partial charge is 0.379 e. The molecule has 0 aliphatic rings. The molecule has 0 aliphatic heterocycles. The second-order valence-electron chi connectivity index (χ2n) is 2.95. The summed E-state index contributed by atoms with van der Waals surface area (Å²) in [5, 5.41) is 4.87. The van der Waals surface area contributed by atoms with Gasteiger partial charge in [-0.05, 0) is 24.6 Å². The first kappa shape index (κ1) is 11.7. The Kier molecular flexibility index (Phi) is 4.11. The molecule has 0 heterocycles. The maximum atomic E-state index is 5.99. The summed E-state index contributed by atoms with van der Waals surface area (Å²) in [6, 6.07) is 3.59. The number of rotatable bonds is 3. The molecule has 0 fully saturated rings. The van der Waals surface area contributed by atoms with E-state index in [0.29, 0.717) is 21.6 Å². The Labute approximate surface area is 98.7 Å². The lowest BCUT2D eigenvalue weighted by Crippen LogP contribution is -2.01. The van der Waals surface area contributed by atoms with Crippen molar-refractivity contribution >= 4 is 40.5 Å². The van der Waals surface area contributed by atoms with E-state index in [2.05, 4.69) is 11.9 Å². The van der Waals surface area contributed by atoms with Crippen molar-refractivity contribution < 1.29 is 0 Å². The van der Waals surface area contributed by atoms with Crippen LogP contribution >= 0.6 is 34.8 Å². The van der Waals surface area contributed by atoms with E-state index in [4.69, 9.17) is 34.8 Å². The average Bonchev–Trinajstić information content (AvgIpc) is 2.09. The van der Waals surface area contributed by atoms with Crippen LogP contribution in [0.5, 0.6) is 0 Å². The first-order chi connectivity index (χ1) is 6.50. The van der Waals surface area contributed by atoms with Crippen molar-refractivity contribution in [2.24, 2.45) is 0 Å². The molecule has 0 radical (unpaired) electrons. The van der Waals surface area contributed by atoms with Crippen LogP contribution in [0.15, 0.2) is 23.7 Å². The molecular weight excluding hydrogens is 240 g/mol. The fourth-order valence-electron chi connectivity index (χ4n) is 0.973. The zero-order chi connectivity index (χ0) is 10.7. The van der Waals surface area contributed by atoms with Crippen LogP contribution in [0.3, 0.4) is 0 Å². The molecule has 4 heteroatoms. The number of hydrogen-bond acceptors (Lipinski definition) is 1. The molecule has 0 amide bonds. The van der Waals surface area contributed by atoms with Crippen molar-refractivity contribution in [2.75, 3.05) is 11.9 Å². The molecule has 0 aliphatic carbocycles. The molecule has 0 unspecified atom stereocenters. The van der Waals surface area contributed by atoms with Gasteiger partial charge in [-0.15, -0.1) is 0 Å². The Morgan fingerprint density at radius 1 is 1.36 bits per heavy atom. The highest BCUT2D eigenvalue weighted by Crippen LogP contribution is 2.28. The molecule has 14 heavy (non-hydrogen) atoms. The Morgan fingerprint density at radius 2 is 2.00 bits per heavy atom. The maximum Gasteiger partial charge on any atom is 0.0641 e. The van der Waals surface area contributed by atoms with Gasteiger partial charge < -0.3 is 5.32 Å². The normalized spacial score (nSPS) is 10.0. The summed E-state index contributed by atoms with van der Waals surface area (Å²) in [6.07, 6.45) is 0. The predicted molar refractivity (Wildman–Crippen MR) is 64.7 cm³/mol. The minimum absolute atomic E-state index is 0.473. The highest BCUT2D eigenvalue weighted by atomic mass is 35.5. The van der Waals surface area contributed by atoms with E-state index in [9.17, 15) is 0 Å². The van der Waals surface area contributed by atoms with Crippen molar-refractivity contribution in [3.8, 4) is 0 Å². The van der Waals surface area contributed by atoms with E-state index in [0.717, 1.165) is 11.3 Å². The molecule has 0 spiro atoms. The fourth-order valence-corrected chi connectivity index (χ4v) is 1.49. The number of halogens is 3. The van der Waals surface area contributed by atoms with Gasteiger partial charge in [0.05, 0.1) is 17.3 Å². The van der Waals surface area contributed by atoms with Gasteiger partial charge in [-0.1, -0.05) is 41.4 Å². The molecule has 0 saturated heterocycles. The van der Waals surface area contributed by atoms with E-state index >= 15 is 0 Å². The molecule has 1 aromatic carbocycles. The van der Waals surface area contributed by atoms with Crippen molar-refractivity contribution in [3.63, 3.8) is 0 Å². The molecule has 0 aromatic heterocycles. The number of benzene rings is 1. The topological polar surface area (TPSA) is 12.0 Å². The van der Waals surface area contributed by atoms with Gasteiger partial charge in [0.15, 0.2) is 0 Å². The first-order valence-electron chi connectivity index (χ1n) is 4.03. The standard InChI is InChI=1S/C10H10Cl3N/c1-6-3-9(13)10(4-8(6)12)14-5-7(2)11/h3-4,14H,2,5H2,1H3. The lowest BCUT2D eigenvalue weighted by molar-refractivity contribution is 1.31. The van der Waals surface area contributed by atoms with Gasteiger partial charge in [-0.3, -0.25) is 0 Å². The van der Waals surface area contributed by atoms with Crippen LogP contribution in [-0.2, 0) is 0 Å². The second kappa shape index (κ2) is 4.92. The minimum Gasteiger partial charge on any atom is -0.379 e. The van der Waals surface area contributed by atoms with Gasteiger partial charge in [0.2, 0.25) is 0 Å². The van der Waals surface area contributed by atoms with Crippen LogP contribution < -0.4 is 5.32 Å². The molecule has 76 valence electrons. The maximum absolute atomic E-state index is 5.99. The molecule has 0 saturated carbocycles. The van der Waals surface area contributed by atoms with Crippen molar-refractivity contribution in [3.05, 3.63) is 39.4 Å². The second-order valence-corrected chi connectivity index (χ2v) is 4.30. The Hall–Kier alpha value is -0.370. The highest BCUT2D eigenvalue weighted by molar-refractivity contribution is 6.35. The van der Waals surface area contributed by atoms with Crippen LogP contribution in [0, 0.1) is 6.92 Å².